The predicted octanol–water partition coefficient (Wildman–Crippen LogP) is 2.69. The van der Waals surface area contributed by atoms with Crippen molar-refractivity contribution in [3.8, 4) is 22.7 Å². The lowest BCUT2D eigenvalue weighted by Gasteiger charge is -2.05. The Bertz CT molecular complexity index is 1160. The molecule has 3 aromatic rings. The summed E-state index contributed by atoms with van der Waals surface area (Å²) in [4.78, 5) is 11.9. The lowest BCUT2D eigenvalue weighted by atomic mass is 10.1. The van der Waals surface area contributed by atoms with Gasteiger partial charge in [0.2, 0.25) is 0 Å². The largest absolute Gasteiger partial charge is 0.456 e. The van der Waals surface area contributed by atoms with Gasteiger partial charge in [0, 0.05) is 16.9 Å². The molecule has 29 heavy (non-hydrogen) atoms. The van der Waals surface area contributed by atoms with Crippen molar-refractivity contribution in [3.63, 3.8) is 0 Å². The third-order valence-electron chi connectivity index (χ3n) is 4.38. The van der Waals surface area contributed by atoms with Crippen molar-refractivity contribution < 1.29 is 26.9 Å². The second-order valence-electron chi connectivity index (χ2n) is 6.61. The Morgan fingerprint density at radius 2 is 2.03 bits per heavy atom. The van der Waals surface area contributed by atoms with E-state index in [-0.39, 0.29) is 36.5 Å². The fourth-order valence-corrected chi connectivity index (χ4v) is 4.41. The highest BCUT2D eigenvalue weighted by molar-refractivity contribution is 7.94. The molecule has 1 atom stereocenters. The summed E-state index contributed by atoms with van der Waals surface area (Å²) in [5.74, 6) is -0.158. The van der Waals surface area contributed by atoms with Crippen LogP contribution < -0.4 is 0 Å². The molecule has 150 valence electrons. The Hall–Kier alpha value is -3.27. The molecule has 4 rings (SSSR count). The van der Waals surface area contributed by atoms with Crippen molar-refractivity contribution in [2.75, 3.05) is 5.75 Å². The van der Waals surface area contributed by atoms with E-state index in [4.69, 9.17) is 13.7 Å². The summed E-state index contributed by atoms with van der Waals surface area (Å²) in [5, 5.41) is 13.1. The van der Waals surface area contributed by atoms with Crippen LogP contribution in [0, 0.1) is 12.8 Å². The van der Waals surface area contributed by atoms with Crippen molar-refractivity contribution in [1.82, 2.24) is 15.4 Å². The van der Waals surface area contributed by atoms with E-state index in [9.17, 15) is 13.2 Å². The van der Waals surface area contributed by atoms with Gasteiger partial charge in [-0.3, -0.25) is 4.79 Å². The predicted molar refractivity (Wildman–Crippen MR) is 101 cm³/mol. The van der Waals surface area contributed by atoms with Gasteiger partial charge in [-0.15, -0.1) is 10.2 Å². The van der Waals surface area contributed by atoms with Crippen LogP contribution in [-0.4, -0.2) is 35.5 Å². The van der Waals surface area contributed by atoms with Gasteiger partial charge in [0.15, 0.2) is 16.4 Å². The average Bonchev–Trinajstić information content (AvgIpc) is 3.39. The number of aryl methyl sites for hydroxylation is 1. The summed E-state index contributed by atoms with van der Waals surface area (Å²) in [6.45, 7) is 1.53. The Kier molecular flexibility index (Phi) is 5.01. The first-order valence-corrected chi connectivity index (χ1v) is 10.5. The Balaban J connectivity index is 1.43. The van der Waals surface area contributed by atoms with Gasteiger partial charge in [-0.25, -0.2) is 8.42 Å². The SMILES string of the molecule is Cc1onc(-c2ccccc2)c1-c1nnc(COC(=O)C[C@@H]2C=CS(=O)(=O)C2)o1. The number of hydrogen-bond donors (Lipinski definition) is 0. The number of hydrogen-bond acceptors (Lipinski definition) is 9. The van der Waals surface area contributed by atoms with Crippen LogP contribution in [0.3, 0.4) is 0 Å². The van der Waals surface area contributed by atoms with Gasteiger partial charge in [0.25, 0.3) is 11.8 Å². The summed E-state index contributed by atoms with van der Waals surface area (Å²) in [6.07, 6.45) is 1.47. The first kappa shape index (κ1) is 19.1. The fourth-order valence-electron chi connectivity index (χ4n) is 3.01. The molecule has 0 radical (unpaired) electrons. The van der Waals surface area contributed by atoms with Crippen molar-refractivity contribution in [3.05, 3.63) is 53.5 Å². The lowest BCUT2D eigenvalue weighted by Crippen LogP contribution is -2.13. The van der Waals surface area contributed by atoms with Gasteiger partial charge in [-0.1, -0.05) is 41.6 Å². The van der Waals surface area contributed by atoms with Crippen molar-refractivity contribution in [2.45, 2.75) is 20.0 Å². The highest BCUT2D eigenvalue weighted by atomic mass is 32.2. The minimum absolute atomic E-state index is 0.0281. The van der Waals surface area contributed by atoms with Crippen LogP contribution in [0.1, 0.15) is 18.1 Å². The second kappa shape index (κ2) is 7.63. The molecule has 9 nitrogen and oxygen atoms in total. The fraction of sp³-hybridized carbons (Fsp3) is 0.263. The van der Waals surface area contributed by atoms with Crippen LogP contribution in [0.4, 0.5) is 0 Å². The van der Waals surface area contributed by atoms with Crippen LogP contribution in [0.5, 0.6) is 0 Å². The number of allylic oxidation sites excluding steroid dienone is 1. The number of nitrogens with zero attached hydrogens (tertiary/aromatic N) is 3. The molecule has 0 fully saturated rings. The summed E-state index contributed by atoms with van der Waals surface area (Å²) in [7, 11) is -3.21. The Labute approximate surface area is 166 Å². The molecule has 0 aliphatic carbocycles. The highest BCUT2D eigenvalue weighted by Gasteiger charge is 2.25. The molecule has 0 bridgehead atoms. The Morgan fingerprint density at radius 3 is 2.76 bits per heavy atom. The summed E-state index contributed by atoms with van der Waals surface area (Å²) >= 11 is 0. The molecule has 10 heteroatoms. The summed E-state index contributed by atoms with van der Waals surface area (Å²) in [6, 6.07) is 9.43. The topological polar surface area (TPSA) is 125 Å². The molecule has 1 aliphatic heterocycles. The van der Waals surface area contributed by atoms with Crippen LogP contribution in [0.2, 0.25) is 0 Å². The van der Waals surface area contributed by atoms with E-state index >= 15 is 0 Å². The van der Waals surface area contributed by atoms with Crippen molar-refractivity contribution >= 4 is 15.8 Å². The molecule has 0 amide bonds. The van der Waals surface area contributed by atoms with Crippen LogP contribution in [0.15, 0.2) is 50.8 Å². The zero-order chi connectivity index (χ0) is 20.4. The molecular weight excluding hydrogens is 398 g/mol. The number of sulfone groups is 1. The number of ether oxygens (including phenoxy) is 1. The second-order valence-corrected chi connectivity index (χ2v) is 8.54. The molecule has 0 unspecified atom stereocenters. The zero-order valence-electron chi connectivity index (χ0n) is 15.4. The number of aromatic nitrogens is 3. The van der Waals surface area contributed by atoms with Gasteiger partial charge < -0.3 is 13.7 Å². The molecule has 3 heterocycles. The number of rotatable bonds is 6. The third kappa shape index (κ3) is 4.27. The van der Waals surface area contributed by atoms with Gasteiger partial charge in [-0.2, -0.15) is 0 Å². The van der Waals surface area contributed by atoms with Crippen molar-refractivity contribution in [1.29, 1.82) is 0 Å². The summed E-state index contributed by atoms with van der Waals surface area (Å²) in [5.41, 5.74) is 1.98. The number of esters is 1. The van der Waals surface area contributed by atoms with Gasteiger partial charge >= 0.3 is 5.97 Å². The molecule has 1 aromatic carbocycles. The van der Waals surface area contributed by atoms with Gasteiger partial charge in [-0.05, 0) is 6.92 Å². The van der Waals surface area contributed by atoms with Gasteiger partial charge in [0.05, 0.1) is 12.2 Å². The van der Waals surface area contributed by atoms with E-state index in [0.29, 0.717) is 17.0 Å². The van der Waals surface area contributed by atoms with Crippen LogP contribution >= 0.6 is 0 Å². The molecule has 0 spiro atoms. The normalized spacial score (nSPS) is 17.5. The number of carbonyl (C=O) groups excluding carboxylic acids is 1. The smallest absolute Gasteiger partial charge is 0.306 e. The van der Waals surface area contributed by atoms with E-state index in [1.54, 1.807) is 6.92 Å². The minimum Gasteiger partial charge on any atom is -0.456 e. The quantitative estimate of drug-likeness (QED) is 0.558. The van der Waals surface area contributed by atoms with Crippen LogP contribution in [0.25, 0.3) is 22.7 Å². The van der Waals surface area contributed by atoms with E-state index in [2.05, 4.69) is 15.4 Å². The first-order chi connectivity index (χ1) is 13.9. The van der Waals surface area contributed by atoms with E-state index in [0.717, 1.165) is 11.0 Å². The molecule has 0 N–H and O–H groups in total. The maximum absolute atomic E-state index is 11.9. The van der Waals surface area contributed by atoms with E-state index < -0.39 is 15.8 Å². The maximum Gasteiger partial charge on any atom is 0.306 e. The average molecular weight is 415 g/mol. The van der Waals surface area contributed by atoms with E-state index in [1.807, 2.05) is 30.3 Å². The van der Waals surface area contributed by atoms with E-state index in [1.165, 1.54) is 6.08 Å². The first-order valence-electron chi connectivity index (χ1n) is 8.82. The number of carbonyl (C=O) groups is 1. The molecule has 2 aromatic heterocycles. The lowest BCUT2D eigenvalue weighted by molar-refractivity contribution is -0.146. The standard InChI is InChI=1S/C19H17N3O6S/c1-12-17(18(22-28-12)14-5-3-2-4-6-14)19-21-20-15(27-19)10-26-16(23)9-13-7-8-29(24,25)11-13/h2-8,13H,9-11H2,1H3/t13-/m0/s1. The van der Waals surface area contributed by atoms with Crippen LogP contribution in [-0.2, 0) is 26.0 Å². The monoisotopic (exact) mass is 415 g/mol. The molecule has 1 aliphatic rings. The summed E-state index contributed by atoms with van der Waals surface area (Å²) < 4.78 is 38.8. The minimum atomic E-state index is -3.21. The Morgan fingerprint density at radius 1 is 1.24 bits per heavy atom. The van der Waals surface area contributed by atoms with Gasteiger partial charge in [0.1, 0.15) is 17.0 Å². The maximum atomic E-state index is 11.9. The molecule has 0 saturated carbocycles. The third-order valence-corrected chi connectivity index (χ3v) is 5.85. The molecule has 0 saturated heterocycles. The highest BCUT2D eigenvalue weighted by Crippen LogP contribution is 2.33. The van der Waals surface area contributed by atoms with Crippen molar-refractivity contribution in [2.24, 2.45) is 5.92 Å². The molecular formula is C19H17N3O6S. The number of benzene rings is 1. The zero-order valence-corrected chi connectivity index (χ0v) is 16.3.